The van der Waals surface area contributed by atoms with Crippen LogP contribution in [0.3, 0.4) is 0 Å². The molecule has 5 heteroatoms. The lowest BCUT2D eigenvalue weighted by Crippen LogP contribution is -2.07. The molecule has 0 spiro atoms. The summed E-state index contributed by atoms with van der Waals surface area (Å²) in [5.74, 6) is 0.892. The number of benzene rings is 1. The Balaban J connectivity index is 0.000000261. The highest BCUT2D eigenvalue weighted by atomic mass is 16.6. The van der Waals surface area contributed by atoms with E-state index in [1.807, 2.05) is 24.3 Å². The van der Waals surface area contributed by atoms with Crippen LogP contribution in [0.25, 0.3) is 0 Å². The predicted octanol–water partition coefficient (Wildman–Crippen LogP) is 1.68. The predicted molar refractivity (Wildman–Crippen MR) is 75.3 cm³/mol. The summed E-state index contributed by atoms with van der Waals surface area (Å²) in [6.45, 7) is 6.30. The summed E-state index contributed by atoms with van der Waals surface area (Å²) in [5, 5.41) is 3.31. The third kappa shape index (κ3) is 5.36. The molecule has 3 heterocycles. The molecule has 3 unspecified atom stereocenters. The number of hydrogen-bond acceptors (Lipinski definition) is 5. The van der Waals surface area contributed by atoms with Crippen LogP contribution in [0.15, 0.2) is 24.3 Å². The topological polar surface area (TPSA) is 58.9 Å². The van der Waals surface area contributed by atoms with E-state index < -0.39 is 0 Å². The molecule has 0 aromatic heterocycles. The lowest BCUT2D eigenvalue weighted by atomic mass is 10.3. The number of nitrogens with one attached hydrogen (secondary N) is 1. The molecule has 1 aromatic rings. The van der Waals surface area contributed by atoms with Crippen LogP contribution in [0.5, 0.6) is 5.75 Å². The summed E-state index contributed by atoms with van der Waals surface area (Å²) < 4.78 is 20.5. The fourth-order valence-electron chi connectivity index (χ4n) is 1.54. The van der Waals surface area contributed by atoms with Gasteiger partial charge in [0.15, 0.2) is 0 Å². The lowest BCUT2D eigenvalue weighted by molar-refractivity contribution is 0.263. The molecule has 0 amide bonds. The van der Waals surface area contributed by atoms with Crippen molar-refractivity contribution in [3.63, 3.8) is 0 Å². The number of ether oxygens (including phenoxy) is 4. The molecular formula is C15H21NO4. The fraction of sp³-hybridized carbons (Fsp3) is 0.600. The highest BCUT2D eigenvalue weighted by molar-refractivity contribution is 5.46. The highest BCUT2D eigenvalue weighted by Crippen LogP contribution is 2.19. The number of rotatable bonds is 6. The van der Waals surface area contributed by atoms with Gasteiger partial charge in [0.2, 0.25) is 0 Å². The summed E-state index contributed by atoms with van der Waals surface area (Å²) in [5.41, 5.74) is 1.10. The van der Waals surface area contributed by atoms with Crippen molar-refractivity contribution in [2.45, 2.75) is 25.2 Å². The van der Waals surface area contributed by atoms with Crippen molar-refractivity contribution in [3.8, 4) is 5.75 Å². The minimum atomic E-state index is 0.310. The maximum Gasteiger partial charge on any atom is 0.119 e. The van der Waals surface area contributed by atoms with Gasteiger partial charge in [-0.2, -0.15) is 0 Å². The van der Waals surface area contributed by atoms with Gasteiger partial charge < -0.3 is 24.3 Å². The van der Waals surface area contributed by atoms with E-state index in [9.17, 15) is 0 Å². The molecular weight excluding hydrogens is 258 g/mol. The third-order valence-corrected chi connectivity index (χ3v) is 3.13. The molecule has 20 heavy (non-hydrogen) atoms. The third-order valence-electron chi connectivity index (χ3n) is 3.13. The van der Waals surface area contributed by atoms with E-state index in [1.165, 1.54) is 0 Å². The van der Waals surface area contributed by atoms with Crippen LogP contribution >= 0.6 is 0 Å². The number of anilines is 1. The molecule has 0 bridgehead atoms. The van der Waals surface area contributed by atoms with Crippen molar-refractivity contribution in [1.29, 1.82) is 0 Å². The van der Waals surface area contributed by atoms with Gasteiger partial charge in [-0.1, -0.05) is 0 Å². The summed E-state index contributed by atoms with van der Waals surface area (Å²) in [6.07, 6.45) is 1.30. The Morgan fingerprint density at radius 2 is 1.65 bits per heavy atom. The Labute approximate surface area is 119 Å². The van der Waals surface area contributed by atoms with E-state index in [0.717, 1.165) is 37.8 Å². The molecule has 3 aliphatic rings. The maximum atomic E-state index is 5.55. The van der Waals surface area contributed by atoms with Gasteiger partial charge in [0.1, 0.15) is 18.5 Å². The van der Waals surface area contributed by atoms with Crippen molar-refractivity contribution in [1.82, 2.24) is 0 Å². The van der Waals surface area contributed by atoms with Gasteiger partial charge in [-0.15, -0.1) is 0 Å². The zero-order valence-electron chi connectivity index (χ0n) is 11.7. The first-order valence-electron chi connectivity index (χ1n) is 7.11. The van der Waals surface area contributed by atoms with Crippen LogP contribution in [0.1, 0.15) is 6.92 Å². The standard InChI is InChI=1S/C12H15NO3.C3H6O/c1-3-10(14-7-12-8-16-12)4-2-9(1)13-5-11-6-15-11;1-3-2-4-3/h1-4,11-13H,5-8H2;3H,2H2,1H3. The van der Waals surface area contributed by atoms with E-state index in [-0.39, 0.29) is 0 Å². The second kappa shape index (κ2) is 6.43. The Kier molecular flexibility index (Phi) is 4.40. The minimum absolute atomic E-state index is 0.310. The summed E-state index contributed by atoms with van der Waals surface area (Å²) in [6, 6.07) is 7.98. The molecule has 4 rings (SSSR count). The van der Waals surface area contributed by atoms with E-state index in [4.69, 9.17) is 18.9 Å². The molecule has 3 saturated heterocycles. The smallest absolute Gasteiger partial charge is 0.119 e. The molecule has 0 saturated carbocycles. The quantitative estimate of drug-likeness (QED) is 0.803. The largest absolute Gasteiger partial charge is 0.491 e. The first-order chi connectivity index (χ1) is 9.79. The Morgan fingerprint density at radius 1 is 1.05 bits per heavy atom. The van der Waals surface area contributed by atoms with Crippen LogP contribution < -0.4 is 10.1 Å². The molecule has 1 aromatic carbocycles. The molecule has 0 aliphatic carbocycles. The van der Waals surface area contributed by atoms with Gasteiger partial charge in [0.05, 0.1) is 32.0 Å². The molecule has 1 N–H and O–H groups in total. The van der Waals surface area contributed by atoms with Gasteiger partial charge >= 0.3 is 0 Å². The zero-order valence-corrected chi connectivity index (χ0v) is 11.7. The second-order valence-electron chi connectivity index (χ2n) is 5.27. The van der Waals surface area contributed by atoms with Crippen molar-refractivity contribution in [3.05, 3.63) is 24.3 Å². The molecule has 3 aliphatic heterocycles. The summed E-state index contributed by atoms with van der Waals surface area (Å²) in [4.78, 5) is 0. The number of epoxide rings is 3. The van der Waals surface area contributed by atoms with Crippen molar-refractivity contribution in [2.75, 3.05) is 38.3 Å². The van der Waals surface area contributed by atoms with Crippen molar-refractivity contribution >= 4 is 5.69 Å². The van der Waals surface area contributed by atoms with Crippen LogP contribution in [0, 0.1) is 0 Å². The molecule has 5 nitrogen and oxygen atoms in total. The van der Waals surface area contributed by atoms with Crippen molar-refractivity contribution < 1.29 is 18.9 Å². The number of hydrogen-bond donors (Lipinski definition) is 1. The zero-order chi connectivity index (χ0) is 13.8. The van der Waals surface area contributed by atoms with Gasteiger partial charge in [0, 0.05) is 12.2 Å². The van der Waals surface area contributed by atoms with Gasteiger partial charge in [-0.05, 0) is 31.2 Å². The summed E-state index contributed by atoms with van der Waals surface area (Å²) in [7, 11) is 0. The second-order valence-corrected chi connectivity index (χ2v) is 5.27. The Hall–Kier alpha value is -1.30. The summed E-state index contributed by atoms with van der Waals surface area (Å²) >= 11 is 0. The van der Waals surface area contributed by atoms with E-state index in [0.29, 0.717) is 24.9 Å². The first-order valence-corrected chi connectivity index (χ1v) is 7.11. The highest BCUT2D eigenvalue weighted by Gasteiger charge is 2.23. The van der Waals surface area contributed by atoms with Crippen LogP contribution in [-0.4, -0.2) is 51.3 Å². The van der Waals surface area contributed by atoms with E-state index in [1.54, 1.807) is 0 Å². The van der Waals surface area contributed by atoms with E-state index in [2.05, 4.69) is 12.2 Å². The SMILES string of the molecule is CC1CO1.c1cc(OCC2CO2)ccc1NCC1CO1. The fourth-order valence-corrected chi connectivity index (χ4v) is 1.54. The molecule has 3 atom stereocenters. The first kappa shape index (κ1) is 13.7. The normalized spacial score (nSPS) is 28.9. The average Bonchev–Trinajstić information content (AvgIpc) is 3.31. The lowest BCUT2D eigenvalue weighted by Gasteiger charge is -2.07. The van der Waals surface area contributed by atoms with Crippen LogP contribution in [-0.2, 0) is 14.2 Å². The molecule has 3 fully saturated rings. The minimum Gasteiger partial charge on any atom is -0.491 e. The molecule has 110 valence electrons. The van der Waals surface area contributed by atoms with Gasteiger partial charge in [0.25, 0.3) is 0 Å². The molecule has 0 radical (unpaired) electrons. The van der Waals surface area contributed by atoms with Crippen LogP contribution in [0.4, 0.5) is 5.69 Å². The monoisotopic (exact) mass is 279 g/mol. The van der Waals surface area contributed by atoms with Gasteiger partial charge in [-0.25, -0.2) is 0 Å². The average molecular weight is 279 g/mol. The van der Waals surface area contributed by atoms with Gasteiger partial charge in [-0.3, -0.25) is 0 Å². The maximum absolute atomic E-state index is 5.55. The van der Waals surface area contributed by atoms with Crippen molar-refractivity contribution in [2.24, 2.45) is 0 Å². The van der Waals surface area contributed by atoms with E-state index >= 15 is 0 Å². The Bertz CT molecular complexity index is 375. The van der Waals surface area contributed by atoms with Crippen LogP contribution in [0.2, 0.25) is 0 Å². The Morgan fingerprint density at radius 3 is 2.15 bits per heavy atom.